The molecule has 1 amide bonds. The molecule has 0 saturated carbocycles. The Kier molecular flexibility index (Phi) is 4.45. The summed E-state index contributed by atoms with van der Waals surface area (Å²) < 4.78 is 1.10. The summed E-state index contributed by atoms with van der Waals surface area (Å²) in [6.45, 7) is 2.11. The first-order valence-electron chi connectivity index (χ1n) is 7.05. The van der Waals surface area contributed by atoms with Gasteiger partial charge in [-0.25, -0.2) is 4.98 Å². The minimum atomic E-state index is -0.121. The second-order valence-corrected chi connectivity index (χ2v) is 6.73. The van der Waals surface area contributed by atoms with Gasteiger partial charge in [0.05, 0.1) is 10.2 Å². The van der Waals surface area contributed by atoms with Crippen molar-refractivity contribution in [3.8, 4) is 0 Å². The summed E-state index contributed by atoms with van der Waals surface area (Å²) >= 11 is 3.17. The fourth-order valence-corrected chi connectivity index (χ4v) is 3.57. The second-order valence-electron chi connectivity index (χ2n) is 4.82. The Balaban J connectivity index is 1.84. The first-order valence-corrected chi connectivity index (χ1v) is 9.09. The lowest BCUT2D eigenvalue weighted by atomic mass is 10.1. The summed E-state index contributed by atoms with van der Waals surface area (Å²) in [6, 6.07) is 13.7. The minimum Gasteiger partial charge on any atom is -0.298 e. The smallest absolute Gasteiger partial charge is 0.257 e. The Bertz CT molecular complexity index is 809. The normalized spacial score (nSPS) is 10.8. The molecule has 1 heterocycles. The number of rotatable bonds is 4. The van der Waals surface area contributed by atoms with Gasteiger partial charge in [0.15, 0.2) is 5.13 Å². The monoisotopic (exact) mass is 328 g/mol. The first kappa shape index (κ1) is 15.1. The molecule has 0 unspecified atom stereocenters. The predicted octanol–water partition coefficient (Wildman–Crippen LogP) is 4.83. The number of fused-ring (bicyclic) bond motifs is 1. The van der Waals surface area contributed by atoms with Gasteiger partial charge in [-0.2, -0.15) is 0 Å². The molecule has 22 heavy (non-hydrogen) atoms. The lowest BCUT2D eigenvalue weighted by Crippen LogP contribution is -2.11. The summed E-state index contributed by atoms with van der Waals surface area (Å²) in [5.41, 5.74) is 2.84. The van der Waals surface area contributed by atoms with Crippen molar-refractivity contribution < 1.29 is 4.79 Å². The van der Waals surface area contributed by atoms with Crippen LogP contribution in [0.1, 0.15) is 22.8 Å². The molecule has 0 fully saturated rings. The van der Waals surface area contributed by atoms with Crippen molar-refractivity contribution in [2.24, 2.45) is 0 Å². The van der Waals surface area contributed by atoms with Gasteiger partial charge >= 0.3 is 0 Å². The van der Waals surface area contributed by atoms with Crippen molar-refractivity contribution in [1.29, 1.82) is 0 Å². The molecule has 5 heteroatoms. The summed E-state index contributed by atoms with van der Waals surface area (Å²) in [4.78, 5) is 18.0. The zero-order valence-electron chi connectivity index (χ0n) is 12.4. The van der Waals surface area contributed by atoms with Crippen molar-refractivity contribution in [2.45, 2.75) is 18.2 Å². The van der Waals surface area contributed by atoms with Crippen LogP contribution in [0.15, 0.2) is 47.4 Å². The van der Waals surface area contributed by atoms with Crippen LogP contribution in [-0.4, -0.2) is 17.1 Å². The molecule has 0 radical (unpaired) electrons. The Labute approximate surface area is 137 Å². The molecule has 0 saturated heterocycles. The number of aryl methyl sites for hydroxylation is 1. The van der Waals surface area contributed by atoms with Gasteiger partial charge in [-0.3, -0.25) is 10.1 Å². The number of benzene rings is 2. The Hall–Kier alpha value is -1.85. The number of para-hydroxylation sites is 1. The molecule has 0 atom stereocenters. The number of thiazole rings is 1. The van der Waals surface area contributed by atoms with Crippen LogP contribution in [0.25, 0.3) is 10.2 Å². The maximum atomic E-state index is 12.3. The Morgan fingerprint density at radius 1 is 1.23 bits per heavy atom. The van der Waals surface area contributed by atoms with E-state index >= 15 is 0 Å². The third-order valence-electron chi connectivity index (χ3n) is 3.46. The van der Waals surface area contributed by atoms with Gasteiger partial charge < -0.3 is 0 Å². The largest absolute Gasteiger partial charge is 0.298 e. The predicted molar refractivity (Wildman–Crippen MR) is 95.2 cm³/mol. The fourth-order valence-electron chi connectivity index (χ4n) is 2.26. The van der Waals surface area contributed by atoms with E-state index in [1.165, 1.54) is 16.9 Å². The lowest BCUT2D eigenvalue weighted by molar-refractivity contribution is 0.102. The quantitative estimate of drug-likeness (QED) is 0.697. The number of thioether (sulfide) groups is 1. The average molecular weight is 328 g/mol. The zero-order chi connectivity index (χ0) is 15.5. The Morgan fingerprint density at radius 3 is 2.68 bits per heavy atom. The highest BCUT2D eigenvalue weighted by Gasteiger charge is 2.11. The molecule has 3 aromatic rings. The van der Waals surface area contributed by atoms with Crippen molar-refractivity contribution >= 4 is 44.4 Å². The van der Waals surface area contributed by atoms with E-state index in [0.29, 0.717) is 10.7 Å². The van der Waals surface area contributed by atoms with Gasteiger partial charge in [0, 0.05) is 10.5 Å². The molecule has 1 aromatic heterocycles. The lowest BCUT2D eigenvalue weighted by Gasteiger charge is -2.02. The molecular weight excluding hydrogens is 312 g/mol. The summed E-state index contributed by atoms with van der Waals surface area (Å²) in [5, 5.41) is 3.55. The van der Waals surface area contributed by atoms with Crippen molar-refractivity contribution in [3.63, 3.8) is 0 Å². The van der Waals surface area contributed by atoms with E-state index < -0.39 is 0 Å². The van der Waals surface area contributed by atoms with Crippen molar-refractivity contribution in [1.82, 2.24) is 4.98 Å². The third kappa shape index (κ3) is 3.00. The van der Waals surface area contributed by atoms with Crippen molar-refractivity contribution in [3.05, 3.63) is 53.6 Å². The van der Waals surface area contributed by atoms with Crippen LogP contribution < -0.4 is 5.32 Å². The number of carbonyl (C=O) groups is 1. The molecule has 0 aliphatic heterocycles. The van der Waals surface area contributed by atoms with E-state index in [4.69, 9.17) is 0 Å². The van der Waals surface area contributed by atoms with E-state index in [-0.39, 0.29) is 5.91 Å². The number of hydrogen-bond donors (Lipinski definition) is 1. The first-order chi connectivity index (χ1) is 10.7. The molecule has 0 aliphatic carbocycles. The third-order valence-corrected chi connectivity index (χ3v) is 5.14. The topological polar surface area (TPSA) is 42.0 Å². The SMILES string of the molecule is CCc1cccc2sc(NC(=O)c3ccc(SC)cc3)nc12. The molecule has 0 bridgehead atoms. The van der Waals surface area contributed by atoms with E-state index in [9.17, 15) is 4.79 Å². The maximum Gasteiger partial charge on any atom is 0.257 e. The van der Waals surface area contributed by atoms with Gasteiger partial charge in [0.25, 0.3) is 5.91 Å². The average Bonchev–Trinajstić information content (AvgIpc) is 2.97. The Morgan fingerprint density at radius 2 is 2.00 bits per heavy atom. The fraction of sp³-hybridized carbons (Fsp3) is 0.176. The highest BCUT2D eigenvalue weighted by atomic mass is 32.2. The van der Waals surface area contributed by atoms with Crippen LogP contribution in [0.2, 0.25) is 0 Å². The van der Waals surface area contributed by atoms with Gasteiger partial charge in [0.2, 0.25) is 0 Å². The van der Waals surface area contributed by atoms with Gasteiger partial charge in [-0.15, -0.1) is 11.8 Å². The highest BCUT2D eigenvalue weighted by molar-refractivity contribution is 7.98. The number of carbonyl (C=O) groups excluding carboxylic acids is 1. The minimum absolute atomic E-state index is 0.121. The zero-order valence-corrected chi connectivity index (χ0v) is 14.1. The van der Waals surface area contributed by atoms with Crippen LogP contribution in [0.4, 0.5) is 5.13 Å². The number of hydrogen-bond acceptors (Lipinski definition) is 4. The maximum absolute atomic E-state index is 12.3. The van der Waals surface area contributed by atoms with E-state index in [1.807, 2.05) is 42.7 Å². The van der Waals surface area contributed by atoms with Crippen molar-refractivity contribution in [2.75, 3.05) is 11.6 Å². The van der Waals surface area contributed by atoms with E-state index in [0.717, 1.165) is 21.5 Å². The second kappa shape index (κ2) is 6.50. The number of amides is 1. The van der Waals surface area contributed by atoms with Crippen LogP contribution in [0.3, 0.4) is 0 Å². The molecule has 0 spiro atoms. The standard InChI is InChI=1S/C17H16N2OS2/c1-3-11-5-4-6-14-15(11)18-17(22-14)19-16(20)12-7-9-13(21-2)10-8-12/h4-10H,3H2,1-2H3,(H,18,19,20). The van der Waals surface area contributed by atoms with Crippen LogP contribution in [0.5, 0.6) is 0 Å². The molecule has 112 valence electrons. The summed E-state index contributed by atoms with van der Waals surface area (Å²) in [5.74, 6) is -0.121. The number of nitrogens with one attached hydrogen (secondary N) is 1. The van der Waals surface area contributed by atoms with Gasteiger partial charge in [0.1, 0.15) is 0 Å². The molecule has 1 N–H and O–H groups in total. The molecule has 3 nitrogen and oxygen atoms in total. The van der Waals surface area contributed by atoms with Crippen LogP contribution in [-0.2, 0) is 6.42 Å². The van der Waals surface area contributed by atoms with Gasteiger partial charge in [-0.05, 0) is 48.6 Å². The highest BCUT2D eigenvalue weighted by Crippen LogP contribution is 2.29. The van der Waals surface area contributed by atoms with E-state index in [1.54, 1.807) is 11.8 Å². The van der Waals surface area contributed by atoms with Crippen LogP contribution >= 0.6 is 23.1 Å². The van der Waals surface area contributed by atoms with E-state index in [2.05, 4.69) is 23.3 Å². The number of nitrogens with zero attached hydrogens (tertiary/aromatic N) is 1. The molecule has 2 aromatic carbocycles. The number of aromatic nitrogens is 1. The van der Waals surface area contributed by atoms with Crippen LogP contribution in [0, 0.1) is 0 Å². The summed E-state index contributed by atoms with van der Waals surface area (Å²) in [7, 11) is 0. The van der Waals surface area contributed by atoms with Gasteiger partial charge in [-0.1, -0.05) is 30.4 Å². The number of anilines is 1. The molecular formula is C17H16N2OS2. The molecule has 0 aliphatic rings. The summed E-state index contributed by atoms with van der Waals surface area (Å²) in [6.07, 6.45) is 2.95. The molecule has 3 rings (SSSR count).